The summed E-state index contributed by atoms with van der Waals surface area (Å²) in [4.78, 5) is 8.12. The smallest absolute Gasteiger partial charge is 0.202 e. The fourth-order valence-corrected chi connectivity index (χ4v) is 2.40. The quantitative estimate of drug-likeness (QED) is 0.639. The van der Waals surface area contributed by atoms with Gasteiger partial charge in [-0.3, -0.25) is 10.7 Å². The summed E-state index contributed by atoms with van der Waals surface area (Å²) in [5.74, 6) is 0. The Labute approximate surface area is 96.6 Å². The van der Waals surface area contributed by atoms with Gasteiger partial charge in [0.15, 0.2) is 0 Å². The van der Waals surface area contributed by atoms with E-state index < -0.39 is 0 Å². The molecule has 0 aliphatic rings. The van der Waals surface area contributed by atoms with Crippen LogP contribution in [-0.2, 0) is 0 Å². The summed E-state index contributed by atoms with van der Waals surface area (Å²) in [6.45, 7) is 0. The number of aromatic nitrogens is 2. The molecule has 1 N–H and O–H groups in total. The van der Waals surface area contributed by atoms with Crippen molar-refractivity contribution in [2.75, 3.05) is 0 Å². The normalized spacial score (nSPS) is 10.8. The van der Waals surface area contributed by atoms with Crippen molar-refractivity contribution in [2.24, 2.45) is 0 Å². The Bertz CT molecular complexity index is 631. The van der Waals surface area contributed by atoms with Gasteiger partial charge in [0.05, 0.1) is 10.2 Å². The van der Waals surface area contributed by atoms with Gasteiger partial charge in [-0.25, -0.2) is 4.98 Å². The van der Waals surface area contributed by atoms with Crippen molar-refractivity contribution in [3.63, 3.8) is 0 Å². The fraction of sp³-hybridized carbons (Fsp3) is 0. The number of rotatable bonds is 1. The standard InChI is InChI=1S/C12H8N3S/c13-12-15-10-2-1-9(7-11(10)16-12)8-3-5-14-6-4-8/h1-7,13H. The first-order valence-electron chi connectivity index (χ1n) is 4.85. The summed E-state index contributed by atoms with van der Waals surface area (Å²) in [5, 5.41) is 0.363. The molecule has 0 spiro atoms. The average molecular weight is 226 g/mol. The minimum Gasteiger partial charge on any atom is -0.274 e. The summed E-state index contributed by atoms with van der Waals surface area (Å²) < 4.78 is 1.05. The molecule has 2 heterocycles. The Morgan fingerprint density at radius 1 is 1.00 bits per heavy atom. The molecule has 0 saturated heterocycles. The molecule has 0 aliphatic carbocycles. The van der Waals surface area contributed by atoms with Crippen molar-refractivity contribution >= 4 is 26.7 Å². The number of fused-ring (bicyclic) bond motifs is 1. The summed E-state index contributed by atoms with van der Waals surface area (Å²) in [7, 11) is 0. The molecule has 1 aromatic carbocycles. The number of benzene rings is 1. The highest BCUT2D eigenvalue weighted by Crippen LogP contribution is 2.29. The molecule has 0 aliphatic heterocycles. The molecule has 0 fully saturated rings. The van der Waals surface area contributed by atoms with E-state index >= 15 is 0 Å². The molecule has 2 aromatic heterocycles. The van der Waals surface area contributed by atoms with Crippen LogP contribution in [0.4, 0.5) is 5.13 Å². The zero-order valence-electron chi connectivity index (χ0n) is 8.34. The second kappa shape index (κ2) is 3.57. The van der Waals surface area contributed by atoms with E-state index in [1.807, 2.05) is 24.3 Å². The summed E-state index contributed by atoms with van der Waals surface area (Å²) >= 11 is 1.40. The second-order valence-corrected chi connectivity index (χ2v) is 4.47. The van der Waals surface area contributed by atoms with Crippen molar-refractivity contribution in [3.8, 4) is 11.1 Å². The first kappa shape index (κ1) is 9.30. The van der Waals surface area contributed by atoms with Crippen molar-refractivity contribution < 1.29 is 0 Å². The molecule has 0 unspecified atom stereocenters. The molecule has 4 heteroatoms. The number of thiazole rings is 1. The highest BCUT2D eigenvalue weighted by molar-refractivity contribution is 7.21. The number of nitrogens with one attached hydrogen (secondary N) is 1. The topological polar surface area (TPSA) is 49.6 Å². The maximum atomic E-state index is 7.50. The Hall–Kier alpha value is -1.94. The zero-order valence-corrected chi connectivity index (χ0v) is 9.16. The van der Waals surface area contributed by atoms with E-state index in [1.165, 1.54) is 11.3 Å². The lowest BCUT2D eigenvalue weighted by Gasteiger charge is -1.99. The van der Waals surface area contributed by atoms with Gasteiger partial charge in [-0.15, -0.1) is 0 Å². The molecule has 0 amide bonds. The monoisotopic (exact) mass is 226 g/mol. The van der Waals surface area contributed by atoms with E-state index in [0.29, 0.717) is 5.13 Å². The predicted octanol–water partition coefficient (Wildman–Crippen LogP) is 3.27. The highest BCUT2D eigenvalue weighted by atomic mass is 32.1. The van der Waals surface area contributed by atoms with Crippen molar-refractivity contribution in [1.82, 2.24) is 15.7 Å². The Balaban J connectivity index is 2.18. The zero-order chi connectivity index (χ0) is 11.0. The lowest BCUT2D eigenvalue weighted by atomic mass is 10.1. The summed E-state index contributed by atoms with van der Waals surface area (Å²) in [6, 6.07) is 10.0. The van der Waals surface area contributed by atoms with Gasteiger partial charge in [-0.1, -0.05) is 17.4 Å². The molecule has 77 valence electrons. The lowest BCUT2D eigenvalue weighted by molar-refractivity contribution is 1.33. The van der Waals surface area contributed by atoms with Crippen molar-refractivity contribution in [1.29, 1.82) is 0 Å². The fourth-order valence-electron chi connectivity index (χ4n) is 1.65. The van der Waals surface area contributed by atoms with Crippen LogP contribution >= 0.6 is 11.3 Å². The maximum absolute atomic E-state index is 7.50. The van der Waals surface area contributed by atoms with Gasteiger partial charge < -0.3 is 0 Å². The number of hydrogen-bond acceptors (Lipinski definition) is 3. The van der Waals surface area contributed by atoms with Gasteiger partial charge in [0, 0.05) is 12.4 Å². The van der Waals surface area contributed by atoms with Gasteiger partial charge in [0.1, 0.15) is 0 Å². The van der Waals surface area contributed by atoms with E-state index in [4.69, 9.17) is 5.73 Å². The third-order valence-corrected chi connectivity index (χ3v) is 3.23. The third kappa shape index (κ3) is 1.53. The van der Waals surface area contributed by atoms with Crippen LogP contribution in [0.25, 0.3) is 21.3 Å². The second-order valence-electron chi connectivity index (χ2n) is 3.44. The van der Waals surface area contributed by atoms with Crippen LogP contribution in [0.2, 0.25) is 0 Å². The van der Waals surface area contributed by atoms with E-state index in [-0.39, 0.29) is 0 Å². The summed E-state index contributed by atoms with van der Waals surface area (Å²) in [5.41, 5.74) is 10.7. The van der Waals surface area contributed by atoms with Gasteiger partial charge in [0.25, 0.3) is 0 Å². The molecule has 0 saturated carbocycles. The molecule has 3 nitrogen and oxygen atoms in total. The average Bonchev–Trinajstić information content (AvgIpc) is 2.69. The van der Waals surface area contributed by atoms with Crippen LogP contribution in [0.5, 0.6) is 0 Å². The van der Waals surface area contributed by atoms with Crippen LogP contribution < -0.4 is 5.73 Å². The number of hydrogen-bond donors (Lipinski definition) is 0. The molecular formula is C12H8N3S. The summed E-state index contributed by atoms with van der Waals surface area (Å²) in [6.07, 6.45) is 3.56. The predicted molar refractivity (Wildman–Crippen MR) is 65.6 cm³/mol. The van der Waals surface area contributed by atoms with Crippen LogP contribution in [-0.4, -0.2) is 9.97 Å². The Kier molecular flexibility index (Phi) is 2.08. The van der Waals surface area contributed by atoms with E-state index in [2.05, 4.69) is 16.0 Å². The van der Waals surface area contributed by atoms with Gasteiger partial charge in [-0.05, 0) is 35.4 Å². The molecule has 0 atom stereocenters. The van der Waals surface area contributed by atoms with E-state index in [1.54, 1.807) is 12.4 Å². The SMILES string of the molecule is [NH]c1nc2ccc(-c3ccncc3)cc2s1. The maximum Gasteiger partial charge on any atom is 0.202 e. The molecule has 3 rings (SSSR count). The molecule has 1 radical (unpaired) electrons. The lowest BCUT2D eigenvalue weighted by Crippen LogP contribution is -1.77. The molecule has 3 aromatic rings. The third-order valence-electron chi connectivity index (χ3n) is 2.40. The van der Waals surface area contributed by atoms with Gasteiger partial charge >= 0.3 is 0 Å². The largest absolute Gasteiger partial charge is 0.274 e. The number of nitrogens with zero attached hydrogens (tertiary/aromatic N) is 2. The highest BCUT2D eigenvalue weighted by Gasteiger charge is 2.03. The van der Waals surface area contributed by atoms with Gasteiger partial charge in [-0.2, -0.15) is 0 Å². The Morgan fingerprint density at radius 2 is 1.81 bits per heavy atom. The van der Waals surface area contributed by atoms with E-state index in [0.717, 1.165) is 21.3 Å². The van der Waals surface area contributed by atoms with Crippen molar-refractivity contribution in [3.05, 3.63) is 42.7 Å². The van der Waals surface area contributed by atoms with Gasteiger partial charge in [0.2, 0.25) is 5.13 Å². The molecule has 16 heavy (non-hydrogen) atoms. The van der Waals surface area contributed by atoms with Crippen LogP contribution in [0, 0.1) is 0 Å². The first-order chi connectivity index (χ1) is 7.83. The molecular weight excluding hydrogens is 218 g/mol. The Morgan fingerprint density at radius 3 is 2.62 bits per heavy atom. The minimum absolute atomic E-state index is 0.363. The van der Waals surface area contributed by atoms with Crippen molar-refractivity contribution in [2.45, 2.75) is 0 Å². The van der Waals surface area contributed by atoms with Crippen LogP contribution in [0.15, 0.2) is 42.7 Å². The van der Waals surface area contributed by atoms with Crippen LogP contribution in [0.3, 0.4) is 0 Å². The number of pyridine rings is 1. The molecule has 0 bridgehead atoms. The first-order valence-corrected chi connectivity index (χ1v) is 5.67. The van der Waals surface area contributed by atoms with Crippen LogP contribution in [0.1, 0.15) is 0 Å². The minimum atomic E-state index is 0.363. The van der Waals surface area contributed by atoms with E-state index in [9.17, 15) is 0 Å².